The maximum atomic E-state index is 8.79. The lowest BCUT2D eigenvalue weighted by molar-refractivity contribution is 0.258. The second kappa shape index (κ2) is 6.46. The molecule has 0 aromatic heterocycles. The third-order valence-corrected chi connectivity index (χ3v) is 2.71. The summed E-state index contributed by atoms with van der Waals surface area (Å²) in [5.41, 5.74) is 1.33. The van der Waals surface area contributed by atoms with Gasteiger partial charge in [-0.05, 0) is 42.9 Å². The van der Waals surface area contributed by atoms with Gasteiger partial charge in [0.2, 0.25) is 0 Å². The predicted molar refractivity (Wildman–Crippen MR) is 62.2 cm³/mol. The maximum Gasteiger partial charge on any atom is 0.118 e. The van der Waals surface area contributed by atoms with Crippen molar-refractivity contribution in [2.24, 2.45) is 5.92 Å². The molecule has 1 rings (SSSR count). The minimum Gasteiger partial charge on any atom is -0.497 e. The average Bonchev–Trinajstić information content (AvgIpc) is 2.27. The van der Waals surface area contributed by atoms with Crippen LogP contribution in [0.15, 0.2) is 24.3 Å². The second-order valence-electron chi connectivity index (χ2n) is 4.00. The third kappa shape index (κ3) is 4.34. The number of benzene rings is 1. The van der Waals surface area contributed by atoms with Gasteiger partial charge in [-0.2, -0.15) is 0 Å². The van der Waals surface area contributed by atoms with Crippen molar-refractivity contribution in [3.8, 4) is 5.75 Å². The topological polar surface area (TPSA) is 29.5 Å². The van der Waals surface area contributed by atoms with E-state index in [0.29, 0.717) is 12.5 Å². The van der Waals surface area contributed by atoms with Crippen LogP contribution in [-0.4, -0.2) is 18.8 Å². The van der Waals surface area contributed by atoms with Crippen LogP contribution in [0.1, 0.15) is 25.3 Å². The van der Waals surface area contributed by atoms with Gasteiger partial charge in [0.15, 0.2) is 0 Å². The van der Waals surface area contributed by atoms with Gasteiger partial charge >= 0.3 is 0 Å². The first kappa shape index (κ1) is 12.1. The van der Waals surface area contributed by atoms with Gasteiger partial charge < -0.3 is 9.84 Å². The second-order valence-corrected chi connectivity index (χ2v) is 4.00. The molecule has 0 aliphatic carbocycles. The largest absolute Gasteiger partial charge is 0.497 e. The van der Waals surface area contributed by atoms with Crippen LogP contribution in [0.3, 0.4) is 0 Å². The number of ether oxygens (including phenoxy) is 1. The van der Waals surface area contributed by atoms with Crippen LogP contribution in [-0.2, 0) is 6.42 Å². The first-order chi connectivity index (χ1) is 7.26. The quantitative estimate of drug-likeness (QED) is 0.778. The van der Waals surface area contributed by atoms with Crippen molar-refractivity contribution in [2.45, 2.75) is 26.2 Å². The first-order valence-corrected chi connectivity index (χ1v) is 5.50. The highest BCUT2D eigenvalue weighted by Crippen LogP contribution is 2.15. The number of aryl methyl sites for hydroxylation is 1. The highest BCUT2D eigenvalue weighted by molar-refractivity contribution is 5.27. The van der Waals surface area contributed by atoms with Crippen molar-refractivity contribution in [2.75, 3.05) is 13.7 Å². The van der Waals surface area contributed by atoms with E-state index in [9.17, 15) is 0 Å². The van der Waals surface area contributed by atoms with Crippen molar-refractivity contribution < 1.29 is 9.84 Å². The fourth-order valence-electron chi connectivity index (χ4n) is 1.57. The lowest BCUT2D eigenvalue weighted by Crippen LogP contribution is -2.00. The van der Waals surface area contributed by atoms with Crippen molar-refractivity contribution in [1.29, 1.82) is 0 Å². The Kier molecular flexibility index (Phi) is 5.19. The summed E-state index contributed by atoms with van der Waals surface area (Å²) in [6.45, 7) is 2.48. The normalized spacial score (nSPS) is 12.5. The molecule has 0 amide bonds. The Hall–Kier alpha value is -1.02. The molecule has 0 fully saturated rings. The molecule has 1 atom stereocenters. The van der Waals surface area contributed by atoms with E-state index in [4.69, 9.17) is 9.84 Å². The van der Waals surface area contributed by atoms with Crippen LogP contribution in [0, 0.1) is 5.92 Å². The summed E-state index contributed by atoms with van der Waals surface area (Å²) in [6, 6.07) is 8.19. The van der Waals surface area contributed by atoms with Crippen molar-refractivity contribution in [3.63, 3.8) is 0 Å². The Labute approximate surface area is 91.9 Å². The van der Waals surface area contributed by atoms with Crippen LogP contribution in [0.2, 0.25) is 0 Å². The molecule has 1 aromatic rings. The van der Waals surface area contributed by atoms with Gasteiger partial charge in [-0.1, -0.05) is 19.1 Å². The molecule has 0 bridgehead atoms. The highest BCUT2D eigenvalue weighted by Gasteiger charge is 2.02. The molecule has 0 aliphatic heterocycles. The van der Waals surface area contributed by atoms with E-state index in [1.807, 2.05) is 12.1 Å². The molecule has 1 unspecified atom stereocenters. The summed E-state index contributed by atoms with van der Waals surface area (Å²) >= 11 is 0. The lowest BCUT2D eigenvalue weighted by atomic mass is 9.99. The molecule has 0 aliphatic rings. The number of hydrogen-bond acceptors (Lipinski definition) is 2. The predicted octanol–water partition coefficient (Wildman–Crippen LogP) is 2.65. The standard InChI is InChI=1S/C13H20O2/c1-11(9-10-14)3-4-12-5-7-13(15-2)8-6-12/h5-8,11,14H,3-4,9-10H2,1-2H3. The Bertz CT molecular complexity index is 266. The van der Waals surface area contributed by atoms with Crippen molar-refractivity contribution in [3.05, 3.63) is 29.8 Å². The summed E-state index contributed by atoms with van der Waals surface area (Å²) in [5, 5.41) is 8.79. The van der Waals surface area contributed by atoms with E-state index in [1.165, 1.54) is 5.56 Å². The SMILES string of the molecule is COc1ccc(CCC(C)CCO)cc1. The lowest BCUT2D eigenvalue weighted by Gasteiger charge is -2.09. The summed E-state index contributed by atoms with van der Waals surface area (Å²) in [4.78, 5) is 0. The van der Waals surface area contributed by atoms with E-state index in [-0.39, 0.29) is 0 Å². The van der Waals surface area contributed by atoms with Crippen LogP contribution in [0.5, 0.6) is 5.75 Å². The number of hydrogen-bond donors (Lipinski definition) is 1. The number of aliphatic hydroxyl groups is 1. The van der Waals surface area contributed by atoms with Gasteiger partial charge in [0.1, 0.15) is 5.75 Å². The Balaban J connectivity index is 2.37. The maximum absolute atomic E-state index is 8.79. The first-order valence-electron chi connectivity index (χ1n) is 5.50. The Morgan fingerprint density at radius 2 is 1.87 bits per heavy atom. The molecule has 1 N–H and O–H groups in total. The molecule has 0 spiro atoms. The van der Waals surface area contributed by atoms with Crippen LogP contribution < -0.4 is 4.74 Å². The molecule has 0 saturated heterocycles. The van der Waals surface area contributed by atoms with Crippen LogP contribution >= 0.6 is 0 Å². The van der Waals surface area contributed by atoms with Crippen molar-refractivity contribution >= 4 is 0 Å². The van der Waals surface area contributed by atoms with Gasteiger partial charge in [-0.15, -0.1) is 0 Å². The van der Waals surface area contributed by atoms with Crippen LogP contribution in [0.4, 0.5) is 0 Å². The molecular formula is C13H20O2. The number of rotatable bonds is 6. The van der Waals surface area contributed by atoms with Gasteiger partial charge in [0, 0.05) is 6.61 Å². The monoisotopic (exact) mass is 208 g/mol. The smallest absolute Gasteiger partial charge is 0.118 e. The average molecular weight is 208 g/mol. The molecule has 0 saturated carbocycles. The Morgan fingerprint density at radius 1 is 1.20 bits per heavy atom. The molecular weight excluding hydrogens is 188 g/mol. The summed E-state index contributed by atoms with van der Waals surface area (Å²) in [6.07, 6.45) is 3.11. The third-order valence-electron chi connectivity index (χ3n) is 2.71. The van der Waals surface area contributed by atoms with Gasteiger partial charge in [-0.3, -0.25) is 0 Å². The molecule has 0 radical (unpaired) electrons. The van der Waals surface area contributed by atoms with Gasteiger partial charge in [0.05, 0.1) is 7.11 Å². The van der Waals surface area contributed by atoms with E-state index in [0.717, 1.165) is 25.0 Å². The fourth-order valence-corrected chi connectivity index (χ4v) is 1.57. The minimum absolute atomic E-state index is 0.295. The van der Waals surface area contributed by atoms with E-state index < -0.39 is 0 Å². The molecule has 1 aromatic carbocycles. The van der Waals surface area contributed by atoms with E-state index in [2.05, 4.69) is 19.1 Å². The molecule has 2 nitrogen and oxygen atoms in total. The zero-order valence-corrected chi connectivity index (χ0v) is 9.57. The molecule has 0 heterocycles. The number of aliphatic hydroxyl groups excluding tert-OH is 1. The molecule has 84 valence electrons. The molecule has 2 heteroatoms. The minimum atomic E-state index is 0.295. The summed E-state index contributed by atoms with van der Waals surface area (Å²) in [7, 11) is 1.68. The van der Waals surface area contributed by atoms with Crippen LogP contribution in [0.25, 0.3) is 0 Å². The van der Waals surface area contributed by atoms with Crippen molar-refractivity contribution in [1.82, 2.24) is 0 Å². The number of methoxy groups -OCH3 is 1. The molecule has 15 heavy (non-hydrogen) atoms. The zero-order chi connectivity index (χ0) is 11.1. The fraction of sp³-hybridized carbons (Fsp3) is 0.538. The summed E-state index contributed by atoms with van der Waals surface area (Å²) < 4.78 is 5.10. The zero-order valence-electron chi connectivity index (χ0n) is 9.57. The van der Waals surface area contributed by atoms with Gasteiger partial charge in [-0.25, -0.2) is 0 Å². The highest BCUT2D eigenvalue weighted by atomic mass is 16.5. The van der Waals surface area contributed by atoms with E-state index >= 15 is 0 Å². The Morgan fingerprint density at radius 3 is 2.40 bits per heavy atom. The van der Waals surface area contributed by atoms with E-state index in [1.54, 1.807) is 7.11 Å². The summed E-state index contributed by atoms with van der Waals surface area (Å²) in [5.74, 6) is 1.50. The van der Waals surface area contributed by atoms with Gasteiger partial charge in [0.25, 0.3) is 0 Å².